The molecule has 28 nitrogen and oxygen atoms in total. The molecule has 5 rings (SSSR count). The van der Waals surface area contributed by atoms with Crippen LogP contribution in [0.3, 0.4) is 0 Å². The SMILES string of the molecule is CC(=O)N[C@H]1[C@@H](O[C@H]2[C@@H](O)[C@@H](CO)O[C@@H](O[C@H]3[C@@H](O)[C@@H](CO)O[C@H](O[C@@H]4[C@H](O)[C@@H](O)[C@H](O[C@H]5[C@H](O)[C@@H](O)C(O)O[C@@H]5CO)O[C@@H]4CO)[C@@H]3O)[C@@H]2NC(C)=O)O[C@H](CO)[C@H](O)[C@@H]1O. The summed E-state index contributed by atoms with van der Waals surface area (Å²) in [6.45, 7) is -2.53. The molecular formula is C34H58N2O26. The monoisotopic (exact) mass is 910 g/mol. The van der Waals surface area contributed by atoms with Crippen molar-refractivity contribution in [2.45, 2.75) is 167 Å². The van der Waals surface area contributed by atoms with Gasteiger partial charge < -0.3 is 130 Å². The Bertz CT molecular complexity index is 1440. The third kappa shape index (κ3) is 10.8. The van der Waals surface area contributed by atoms with Gasteiger partial charge in [-0.25, -0.2) is 0 Å². The van der Waals surface area contributed by atoms with Crippen molar-refractivity contribution in [3.8, 4) is 0 Å². The van der Waals surface area contributed by atoms with E-state index in [1.165, 1.54) is 0 Å². The summed E-state index contributed by atoms with van der Waals surface area (Å²) in [4.78, 5) is 24.6. The third-order valence-electron chi connectivity index (χ3n) is 11.1. The van der Waals surface area contributed by atoms with Crippen LogP contribution < -0.4 is 10.6 Å². The van der Waals surface area contributed by atoms with Gasteiger partial charge in [-0.2, -0.15) is 0 Å². The quantitative estimate of drug-likeness (QED) is 0.0725. The van der Waals surface area contributed by atoms with Gasteiger partial charge in [0.25, 0.3) is 0 Å². The van der Waals surface area contributed by atoms with E-state index in [2.05, 4.69) is 10.6 Å². The zero-order valence-corrected chi connectivity index (χ0v) is 33.2. The van der Waals surface area contributed by atoms with Crippen molar-refractivity contribution in [2.75, 3.05) is 33.0 Å². The topological polar surface area (TPSA) is 445 Å². The molecule has 0 aromatic carbocycles. The van der Waals surface area contributed by atoms with Gasteiger partial charge in [-0.1, -0.05) is 0 Å². The highest BCUT2D eigenvalue weighted by Crippen LogP contribution is 2.36. The molecule has 0 aliphatic carbocycles. The largest absolute Gasteiger partial charge is 0.394 e. The van der Waals surface area contributed by atoms with Crippen molar-refractivity contribution in [1.82, 2.24) is 10.6 Å². The van der Waals surface area contributed by atoms with Crippen molar-refractivity contribution in [3.63, 3.8) is 0 Å². The van der Waals surface area contributed by atoms with Crippen LogP contribution in [0.25, 0.3) is 0 Å². The molecular weight excluding hydrogens is 852 g/mol. The molecule has 17 N–H and O–H groups in total. The van der Waals surface area contributed by atoms with Gasteiger partial charge in [-0.15, -0.1) is 0 Å². The normalized spacial score (nSPS) is 49.0. The lowest BCUT2D eigenvalue weighted by molar-refractivity contribution is -0.387. The van der Waals surface area contributed by atoms with E-state index in [4.69, 9.17) is 42.6 Å². The highest BCUT2D eigenvalue weighted by atomic mass is 16.8. The smallest absolute Gasteiger partial charge is 0.217 e. The van der Waals surface area contributed by atoms with E-state index in [9.17, 15) is 86.2 Å². The molecule has 0 radical (unpaired) electrons. The first-order valence-electron chi connectivity index (χ1n) is 19.6. The number of hydrogen-bond acceptors (Lipinski definition) is 26. The zero-order valence-electron chi connectivity index (χ0n) is 33.2. The van der Waals surface area contributed by atoms with Crippen LogP contribution in [0.5, 0.6) is 0 Å². The van der Waals surface area contributed by atoms with Crippen molar-refractivity contribution >= 4 is 11.8 Å². The fourth-order valence-corrected chi connectivity index (χ4v) is 7.83. The molecule has 0 bridgehead atoms. The highest BCUT2D eigenvalue weighted by Gasteiger charge is 2.57. The Kier molecular flexibility index (Phi) is 18.1. The van der Waals surface area contributed by atoms with Crippen LogP contribution in [-0.4, -0.2) is 275 Å². The van der Waals surface area contributed by atoms with E-state index in [-0.39, 0.29) is 0 Å². The predicted molar refractivity (Wildman–Crippen MR) is 190 cm³/mol. The highest BCUT2D eigenvalue weighted by molar-refractivity contribution is 5.73. The summed E-state index contributed by atoms with van der Waals surface area (Å²) in [5.74, 6) is -1.54. The Morgan fingerprint density at radius 3 is 1.27 bits per heavy atom. The minimum Gasteiger partial charge on any atom is -0.394 e. The Morgan fingerprint density at radius 2 is 0.758 bits per heavy atom. The standard InChI is InChI=1S/C34H58N2O26/c1-8(42)35-15-20(47)17(44)10(3-37)55-31(15)61-28-16(36-9(2)43)32(56-11(4-38)18(28)45)62-29-19(46)12(5-39)57-34(25(29)52)60-27-14(7-41)58-33(24(51)22(27)49)59-26-13(6-40)54-30(53)23(50)21(26)48/h10-34,37-41,44-53H,3-7H2,1-2H3,(H,35,42)(H,36,43)/t10-,11-,12-,13-,14-,15-,16-,17+,18+,19+,20-,21-,22-,23-,24-,25-,26-,27+,28-,29+,30?,31-,32+,33+,34-/m1/s1. The molecule has 2 amide bonds. The number of hydrogen-bond donors (Lipinski definition) is 17. The van der Waals surface area contributed by atoms with E-state index in [0.29, 0.717) is 0 Å². The minimum absolute atomic E-state index is 0.730. The van der Waals surface area contributed by atoms with Crippen LogP contribution in [0, 0.1) is 0 Å². The lowest BCUT2D eigenvalue weighted by Gasteiger charge is -2.50. The second-order valence-corrected chi connectivity index (χ2v) is 15.4. The Hall–Kier alpha value is -2.02. The molecule has 0 saturated carbocycles. The number of amides is 2. The van der Waals surface area contributed by atoms with Gasteiger partial charge in [-0.3, -0.25) is 9.59 Å². The van der Waals surface area contributed by atoms with E-state index >= 15 is 0 Å². The maximum absolute atomic E-state index is 12.6. The molecule has 1 unspecified atom stereocenters. The second kappa shape index (κ2) is 22.0. The van der Waals surface area contributed by atoms with Gasteiger partial charge in [-0.05, 0) is 0 Å². The summed E-state index contributed by atoms with van der Waals surface area (Å²) < 4.78 is 50.8. The average Bonchev–Trinajstić information content (AvgIpc) is 3.23. The van der Waals surface area contributed by atoms with E-state index in [0.717, 1.165) is 13.8 Å². The molecule has 5 aliphatic heterocycles. The number of aliphatic hydroxyl groups is 15. The molecule has 0 aromatic heterocycles. The molecule has 5 fully saturated rings. The van der Waals surface area contributed by atoms with Gasteiger partial charge in [0.2, 0.25) is 11.8 Å². The Morgan fingerprint density at radius 1 is 0.387 bits per heavy atom. The molecule has 0 spiro atoms. The first-order chi connectivity index (χ1) is 29.3. The Labute approximate surface area is 351 Å². The predicted octanol–water partition coefficient (Wildman–Crippen LogP) is -11.6. The lowest BCUT2D eigenvalue weighted by atomic mass is 9.93. The molecule has 5 aliphatic rings. The van der Waals surface area contributed by atoms with Gasteiger partial charge >= 0.3 is 0 Å². The minimum atomic E-state index is -2.16. The van der Waals surface area contributed by atoms with Crippen LogP contribution >= 0.6 is 0 Å². The average molecular weight is 911 g/mol. The zero-order chi connectivity index (χ0) is 45.9. The molecule has 5 heterocycles. The lowest BCUT2D eigenvalue weighted by Crippen LogP contribution is -2.71. The molecule has 0 aromatic rings. The fraction of sp³-hybridized carbons (Fsp3) is 0.941. The molecule has 62 heavy (non-hydrogen) atoms. The maximum atomic E-state index is 12.6. The summed E-state index contributed by atoms with van der Waals surface area (Å²) in [6.07, 6.45) is -42.3. The van der Waals surface area contributed by atoms with Crippen LogP contribution in [0.15, 0.2) is 0 Å². The van der Waals surface area contributed by atoms with Gasteiger partial charge in [0.15, 0.2) is 31.5 Å². The Balaban J connectivity index is 1.38. The summed E-state index contributed by atoms with van der Waals surface area (Å²) in [6, 6.07) is -3.23. The molecule has 360 valence electrons. The summed E-state index contributed by atoms with van der Waals surface area (Å²) in [7, 11) is 0. The fourth-order valence-electron chi connectivity index (χ4n) is 7.83. The first kappa shape index (κ1) is 51.0. The van der Waals surface area contributed by atoms with E-state index in [1.807, 2.05) is 0 Å². The van der Waals surface area contributed by atoms with Crippen molar-refractivity contribution in [1.29, 1.82) is 0 Å². The van der Waals surface area contributed by atoms with Crippen LogP contribution in [-0.2, 0) is 52.2 Å². The second-order valence-electron chi connectivity index (χ2n) is 15.4. The summed E-state index contributed by atoms with van der Waals surface area (Å²) in [5, 5.41) is 163. The number of aliphatic hydroxyl groups excluding tert-OH is 15. The molecule has 28 heteroatoms. The number of carbonyl (C=O) groups excluding carboxylic acids is 2. The molecule has 5 saturated heterocycles. The maximum Gasteiger partial charge on any atom is 0.217 e. The van der Waals surface area contributed by atoms with Gasteiger partial charge in [0.1, 0.15) is 122 Å². The van der Waals surface area contributed by atoms with Crippen LogP contribution in [0.1, 0.15) is 13.8 Å². The summed E-state index contributed by atoms with van der Waals surface area (Å²) in [5.41, 5.74) is 0. The van der Waals surface area contributed by atoms with Crippen molar-refractivity contribution in [2.24, 2.45) is 0 Å². The van der Waals surface area contributed by atoms with Crippen molar-refractivity contribution in [3.05, 3.63) is 0 Å². The number of carbonyl (C=O) groups is 2. The van der Waals surface area contributed by atoms with E-state index < -0.39 is 198 Å². The third-order valence-corrected chi connectivity index (χ3v) is 11.1. The van der Waals surface area contributed by atoms with Crippen molar-refractivity contribution < 1.29 is 129 Å². The first-order valence-corrected chi connectivity index (χ1v) is 19.6. The van der Waals surface area contributed by atoms with E-state index in [1.54, 1.807) is 0 Å². The number of rotatable bonds is 15. The van der Waals surface area contributed by atoms with Gasteiger partial charge in [0.05, 0.1) is 33.0 Å². The van der Waals surface area contributed by atoms with Gasteiger partial charge in [0, 0.05) is 13.8 Å². The number of ether oxygens (including phenoxy) is 9. The summed E-state index contributed by atoms with van der Waals surface area (Å²) >= 11 is 0. The van der Waals surface area contributed by atoms with Crippen LogP contribution in [0.4, 0.5) is 0 Å². The molecule has 25 atom stereocenters. The van der Waals surface area contributed by atoms with Crippen LogP contribution in [0.2, 0.25) is 0 Å². The number of nitrogens with one attached hydrogen (secondary N) is 2.